The van der Waals surface area contributed by atoms with Gasteiger partial charge in [0.25, 0.3) is 0 Å². The topological polar surface area (TPSA) is 75.7 Å². The summed E-state index contributed by atoms with van der Waals surface area (Å²) in [7, 11) is -2.37. The number of piperazine rings is 1. The highest BCUT2D eigenvalue weighted by Gasteiger charge is 2.40. The van der Waals surface area contributed by atoms with Crippen LogP contribution in [0.15, 0.2) is 41.3 Å². The standard InChI is InChI=1S/C19H21ClN2O4S/c1-12-10-17(13(2)9-16(12)26-3)27(24,25)22-8-7-21-19(23)18(22)14-5-4-6-15(20)11-14/h4-6,9-11,18H,7-8H2,1-3H3,(H,21,23). The Hall–Kier alpha value is -2.09. The summed E-state index contributed by atoms with van der Waals surface area (Å²) in [6.45, 7) is 3.93. The van der Waals surface area contributed by atoms with Gasteiger partial charge in [-0.05, 0) is 54.8 Å². The summed E-state index contributed by atoms with van der Waals surface area (Å²) in [6.07, 6.45) is 0. The summed E-state index contributed by atoms with van der Waals surface area (Å²) in [5.41, 5.74) is 1.81. The van der Waals surface area contributed by atoms with Crippen molar-refractivity contribution < 1.29 is 17.9 Å². The van der Waals surface area contributed by atoms with Crippen LogP contribution in [0.25, 0.3) is 0 Å². The Kier molecular flexibility index (Phi) is 5.46. The minimum Gasteiger partial charge on any atom is -0.496 e. The maximum Gasteiger partial charge on any atom is 0.244 e. The van der Waals surface area contributed by atoms with E-state index in [1.165, 1.54) is 4.31 Å². The van der Waals surface area contributed by atoms with Crippen molar-refractivity contribution in [2.24, 2.45) is 0 Å². The van der Waals surface area contributed by atoms with Crippen molar-refractivity contribution in [3.8, 4) is 5.75 Å². The monoisotopic (exact) mass is 408 g/mol. The Morgan fingerprint density at radius 3 is 2.59 bits per heavy atom. The number of aryl methyl sites for hydroxylation is 2. The first-order chi connectivity index (χ1) is 12.8. The Labute approximate surface area is 164 Å². The van der Waals surface area contributed by atoms with Crippen LogP contribution in [0, 0.1) is 13.8 Å². The highest BCUT2D eigenvalue weighted by Crippen LogP contribution is 2.34. The zero-order valence-electron chi connectivity index (χ0n) is 15.3. The number of methoxy groups -OCH3 is 1. The fourth-order valence-corrected chi connectivity index (χ4v) is 5.36. The molecule has 0 bridgehead atoms. The second kappa shape index (κ2) is 7.50. The lowest BCUT2D eigenvalue weighted by molar-refractivity contribution is -0.126. The molecule has 2 aromatic carbocycles. The number of hydrogen-bond acceptors (Lipinski definition) is 4. The molecule has 1 atom stereocenters. The van der Waals surface area contributed by atoms with Crippen molar-refractivity contribution in [1.29, 1.82) is 0 Å². The number of nitrogens with one attached hydrogen (secondary N) is 1. The van der Waals surface area contributed by atoms with Crippen molar-refractivity contribution >= 4 is 27.5 Å². The number of benzene rings is 2. The van der Waals surface area contributed by atoms with Gasteiger partial charge in [-0.15, -0.1) is 0 Å². The van der Waals surface area contributed by atoms with Crippen LogP contribution in [0.2, 0.25) is 5.02 Å². The number of nitrogens with zero attached hydrogens (tertiary/aromatic N) is 1. The molecule has 3 rings (SSSR count). The smallest absolute Gasteiger partial charge is 0.244 e. The van der Waals surface area contributed by atoms with E-state index in [2.05, 4.69) is 5.32 Å². The van der Waals surface area contributed by atoms with Gasteiger partial charge in [-0.3, -0.25) is 4.79 Å². The maximum absolute atomic E-state index is 13.4. The minimum atomic E-state index is -3.91. The van der Waals surface area contributed by atoms with Crippen LogP contribution in [0.1, 0.15) is 22.7 Å². The van der Waals surface area contributed by atoms with Gasteiger partial charge in [0.15, 0.2) is 0 Å². The van der Waals surface area contributed by atoms with E-state index in [-0.39, 0.29) is 23.9 Å². The normalized spacial score (nSPS) is 18.2. The Morgan fingerprint density at radius 2 is 1.93 bits per heavy atom. The molecule has 1 aliphatic rings. The fraction of sp³-hybridized carbons (Fsp3) is 0.316. The Balaban J connectivity index is 2.11. The van der Waals surface area contributed by atoms with Gasteiger partial charge in [-0.2, -0.15) is 4.31 Å². The third kappa shape index (κ3) is 3.67. The molecule has 144 valence electrons. The third-order valence-corrected chi connectivity index (χ3v) is 6.85. The van der Waals surface area contributed by atoms with Crippen molar-refractivity contribution in [3.63, 3.8) is 0 Å². The zero-order valence-corrected chi connectivity index (χ0v) is 16.9. The number of hydrogen-bond donors (Lipinski definition) is 1. The second-order valence-corrected chi connectivity index (χ2v) is 8.75. The van der Waals surface area contributed by atoms with Crippen molar-refractivity contribution in [3.05, 3.63) is 58.1 Å². The van der Waals surface area contributed by atoms with Crippen molar-refractivity contribution in [2.45, 2.75) is 24.8 Å². The summed E-state index contributed by atoms with van der Waals surface area (Å²) < 4.78 is 33.4. The van der Waals surface area contributed by atoms with E-state index >= 15 is 0 Å². The van der Waals surface area contributed by atoms with E-state index in [4.69, 9.17) is 16.3 Å². The summed E-state index contributed by atoms with van der Waals surface area (Å²) in [6, 6.07) is 9.02. The van der Waals surface area contributed by atoms with Gasteiger partial charge in [-0.1, -0.05) is 23.7 Å². The summed E-state index contributed by atoms with van der Waals surface area (Å²) in [4.78, 5) is 12.7. The summed E-state index contributed by atoms with van der Waals surface area (Å²) >= 11 is 6.06. The third-order valence-electron chi connectivity index (χ3n) is 4.61. The van der Waals surface area contributed by atoms with Gasteiger partial charge in [0.05, 0.1) is 12.0 Å². The lowest BCUT2D eigenvalue weighted by Gasteiger charge is -2.34. The number of halogens is 1. The summed E-state index contributed by atoms with van der Waals surface area (Å²) in [5, 5.41) is 3.18. The Morgan fingerprint density at radius 1 is 1.19 bits per heavy atom. The molecule has 8 heteroatoms. The molecular weight excluding hydrogens is 388 g/mol. The molecule has 6 nitrogen and oxygen atoms in total. The molecule has 0 radical (unpaired) electrons. The van der Waals surface area contributed by atoms with E-state index < -0.39 is 16.1 Å². The average Bonchev–Trinajstić information content (AvgIpc) is 2.62. The molecule has 1 unspecified atom stereocenters. The Bertz CT molecular complexity index is 991. The highest BCUT2D eigenvalue weighted by molar-refractivity contribution is 7.89. The van der Waals surface area contributed by atoms with Gasteiger partial charge in [0.2, 0.25) is 15.9 Å². The number of rotatable bonds is 4. The molecular formula is C19H21ClN2O4S. The number of amides is 1. The number of ether oxygens (including phenoxy) is 1. The van der Waals surface area contributed by atoms with E-state index in [1.54, 1.807) is 57.4 Å². The van der Waals surface area contributed by atoms with Crippen LogP contribution in [0.3, 0.4) is 0 Å². The molecule has 1 amide bonds. The molecule has 0 saturated carbocycles. The van der Waals surface area contributed by atoms with Gasteiger partial charge < -0.3 is 10.1 Å². The number of carbonyl (C=O) groups is 1. The molecule has 1 N–H and O–H groups in total. The highest BCUT2D eigenvalue weighted by atomic mass is 35.5. The SMILES string of the molecule is COc1cc(C)c(S(=O)(=O)N2CCNC(=O)C2c2cccc(Cl)c2)cc1C. The summed E-state index contributed by atoms with van der Waals surface area (Å²) in [5.74, 6) is 0.254. The van der Waals surface area contributed by atoms with Crippen LogP contribution >= 0.6 is 11.6 Å². The van der Waals surface area contributed by atoms with Crippen LogP contribution in [0.5, 0.6) is 5.75 Å². The first-order valence-electron chi connectivity index (χ1n) is 8.46. The largest absolute Gasteiger partial charge is 0.496 e. The van der Waals surface area contributed by atoms with E-state index in [9.17, 15) is 13.2 Å². The molecule has 1 fully saturated rings. The molecule has 27 heavy (non-hydrogen) atoms. The average molecular weight is 409 g/mol. The predicted octanol–water partition coefficient (Wildman–Crippen LogP) is 2.83. The van der Waals surface area contributed by atoms with Gasteiger partial charge in [0.1, 0.15) is 11.8 Å². The van der Waals surface area contributed by atoms with Crippen LogP contribution in [-0.2, 0) is 14.8 Å². The van der Waals surface area contributed by atoms with E-state index in [0.717, 1.165) is 0 Å². The second-order valence-electron chi connectivity index (χ2n) is 6.45. The van der Waals surface area contributed by atoms with Crippen molar-refractivity contribution in [1.82, 2.24) is 9.62 Å². The molecule has 1 saturated heterocycles. The first-order valence-corrected chi connectivity index (χ1v) is 10.3. The quantitative estimate of drug-likeness (QED) is 0.844. The molecule has 0 spiro atoms. The predicted molar refractivity (Wildman–Crippen MR) is 104 cm³/mol. The number of carbonyl (C=O) groups excluding carboxylic acids is 1. The van der Waals surface area contributed by atoms with Gasteiger partial charge >= 0.3 is 0 Å². The zero-order chi connectivity index (χ0) is 19.8. The lowest BCUT2D eigenvalue weighted by atomic mass is 10.0. The fourth-order valence-electron chi connectivity index (χ4n) is 3.29. The van der Waals surface area contributed by atoms with E-state index in [1.807, 2.05) is 0 Å². The minimum absolute atomic E-state index is 0.169. The maximum atomic E-state index is 13.4. The first kappa shape index (κ1) is 19.7. The molecule has 2 aromatic rings. The molecule has 1 aliphatic heterocycles. The van der Waals surface area contributed by atoms with Crippen LogP contribution in [0.4, 0.5) is 0 Å². The molecule has 0 aliphatic carbocycles. The van der Waals surface area contributed by atoms with Gasteiger partial charge in [-0.25, -0.2) is 8.42 Å². The molecule has 1 heterocycles. The molecule has 0 aromatic heterocycles. The van der Waals surface area contributed by atoms with Crippen molar-refractivity contribution in [2.75, 3.05) is 20.2 Å². The van der Waals surface area contributed by atoms with Crippen LogP contribution in [-0.4, -0.2) is 38.8 Å². The van der Waals surface area contributed by atoms with Gasteiger partial charge in [0, 0.05) is 18.1 Å². The number of sulfonamides is 1. The van der Waals surface area contributed by atoms with Crippen LogP contribution < -0.4 is 10.1 Å². The lowest BCUT2D eigenvalue weighted by Crippen LogP contribution is -2.52. The van der Waals surface area contributed by atoms with E-state index in [0.29, 0.717) is 27.5 Å².